The highest BCUT2D eigenvalue weighted by Gasteiger charge is 2.27. The van der Waals surface area contributed by atoms with Gasteiger partial charge in [0.1, 0.15) is 0 Å². The molecule has 2 unspecified atom stereocenters. The number of ether oxygens (including phenoxy) is 2. The van der Waals surface area contributed by atoms with Gasteiger partial charge < -0.3 is 19.4 Å². The zero-order valence-corrected chi connectivity index (χ0v) is 9.66. The summed E-state index contributed by atoms with van der Waals surface area (Å²) in [7, 11) is 0. The summed E-state index contributed by atoms with van der Waals surface area (Å²) >= 11 is 1.55. The van der Waals surface area contributed by atoms with E-state index in [9.17, 15) is 9.90 Å². The Hall–Kier alpha value is -1.40. The van der Waals surface area contributed by atoms with Crippen molar-refractivity contribution in [1.29, 1.82) is 0 Å². The molecule has 0 radical (unpaired) electrons. The van der Waals surface area contributed by atoms with Crippen LogP contribution in [0, 0.1) is 0 Å². The van der Waals surface area contributed by atoms with Gasteiger partial charge in [0.2, 0.25) is 6.79 Å². The number of aliphatic carboxylic acids is 1. The molecule has 90 valence electrons. The molecule has 0 aromatic heterocycles. The molecule has 1 fully saturated rings. The summed E-state index contributed by atoms with van der Waals surface area (Å²) in [6.07, 6.45) is 0. The molecule has 2 atom stereocenters. The Morgan fingerprint density at radius 3 is 3.00 bits per heavy atom. The Labute approximate surface area is 102 Å². The summed E-state index contributed by atoms with van der Waals surface area (Å²) in [6, 6.07) is 5.04. The van der Waals surface area contributed by atoms with Crippen LogP contribution in [0.15, 0.2) is 18.2 Å². The van der Waals surface area contributed by atoms with E-state index in [1.165, 1.54) is 0 Å². The molecule has 0 spiro atoms. The quantitative estimate of drug-likeness (QED) is 0.790. The Morgan fingerprint density at radius 2 is 2.24 bits per heavy atom. The smallest absolute Gasteiger partial charge is 0.231 e. The average molecular weight is 252 g/mol. The number of fused-ring (bicyclic) bond motifs is 1. The van der Waals surface area contributed by atoms with Crippen molar-refractivity contribution in [2.45, 2.75) is 11.4 Å². The van der Waals surface area contributed by atoms with Gasteiger partial charge in [0, 0.05) is 5.75 Å². The van der Waals surface area contributed by atoms with Crippen LogP contribution in [-0.2, 0) is 4.79 Å². The van der Waals surface area contributed by atoms with E-state index in [4.69, 9.17) is 9.47 Å². The minimum atomic E-state index is -1.05. The van der Waals surface area contributed by atoms with Crippen LogP contribution in [0.1, 0.15) is 10.9 Å². The van der Waals surface area contributed by atoms with E-state index in [1.54, 1.807) is 11.8 Å². The molecule has 6 heteroatoms. The van der Waals surface area contributed by atoms with Crippen LogP contribution >= 0.6 is 11.8 Å². The molecule has 0 amide bonds. The van der Waals surface area contributed by atoms with Gasteiger partial charge in [-0.1, -0.05) is 6.07 Å². The molecule has 2 heterocycles. The highest BCUT2D eigenvalue weighted by molar-refractivity contribution is 7.99. The zero-order chi connectivity index (χ0) is 11.8. The Kier molecular flexibility index (Phi) is 2.60. The zero-order valence-electron chi connectivity index (χ0n) is 8.84. The third-order valence-corrected chi connectivity index (χ3v) is 4.03. The first-order chi connectivity index (χ1) is 8.24. The lowest BCUT2D eigenvalue weighted by Gasteiger charge is -2.14. The largest absolute Gasteiger partial charge is 0.548 e. The number of nitrogens with one attached hydrogen (secondary N) is 1. The Morgan fingerprint density at radius 1 is 1.41 bits per heavy atom. The van der Waals surface area contributed by atoms with Crippen molar-refractivity contribution in [2.75, 3.05) is 12.5 Å². The first kappa shape index (κ1) is 10.7. The topological polar surface area (TPSA) is 70.6 Å². The maximum atomic E-state index is 10.7. The summed E-state index contributed by atoms with van der Waals surface area (Å²) in [5, 5.41) is 13.7. The molecule has 0 aliphatic carbocycles. The fraction of sp³-hybridized carbons (Fsp3) is 0.364. The number of carbonyl (C=O) groups excluding carboxylic acids is 1. The van der Waals surface area contributed by atoms with E-state index < -0.39 is 12.0 Å². The summed E-state index contributed by atoms with van der Waals surface area (Å²) in [6.45, 7) is 0.242. The van der Waals surface area contributed by atoms with Crippen LogP contribution in [0.4, 0.5) is 0 Å². The van der Waals surface area contributed by atoms with Crippen LogP contribution in [0.5, 0.6) is 11.5 Å². The van der Waals surface area contributed by atoms with Crippen molar-refractivity contribution < 1.29 is 19.4 Å². The molecular formula is C11H10NO4S-. The number of rotatable bonds is 2. The van der Waals surface area contributed by atoms with Gasteiger partial charge in [-0.3, -0.25) is 5.32 Å². The number of benzene rings is 1. The standard InChI is InChI=1S/C11H11NO4S/c13-11(14)7-4-17-10(12-7)6-1-2-8-9(3-6)16-5-15-8/h1-3,7,10,12H,4-5H2,(H,13,14)/p-1. The second-order valence-corrected chi connectivity index (χ2v) is 5.00. The van der Waals surface area contributed by atoms with Crippen molar-refractivity contribution in [3.05, 3.63) is 23.8 Å². The number of carboxylic acid groups (broad SMARTS) is 1. The van der Waals surface area contributed by atoms with Crippen molar-refractivity contribution in [1.82, 2.24) is 5.32 Å². The van der Waals surface area contributed by atoms with Gasteiger partial charge in [0.15, 0.2) is 11.5 Å². The highest BCUT2D eigenvalue weighted by Crippen LogP contribution is 2.39. The first-order valence-electron chi connectivity index (χ1n) is 5.22. The molecule has 0 saturated carbocycles. The maximum Gasteiger partial charge on any atom is 0.231 e. The van der Waals surface area contributed by atoms with Gasteiger partial charge in [-0.2, -0.15) is 0 Å². The molecule has 3 rings (SSSR count). The Balaban J connectivity index is 1.79. The lowest BCUT2D eigenvalue weighted by atomic mass is 10.2. The molecule has 1 aromatic carbocycles. The molecule has 17 heavy (non-hydrogen) atoms. The summed E-state index contributed by atoms with van der Waals surface area (Å²) in [5.74, 6) is 0.900. The van der Waals surface area contributed by atoms with E-state index in [0.717, 1.165) is 11.3 Å². The predicted molar refractivity (Wildman–Crippen MR) is 59.7 cm³/mol. The van der Waals surface area contributed by atoms with Gasteiger partial charge in [-0.25, -0.2) is 0 Å². The summed E-state index contributed by atoms with van der Waals surface area (Å²) in [5.41, 5.74) is 0.989. The van der Waals surface area contributed by atoms with Gasteiger partial charge >= 0.3 is 0 Å². The molecule has 1 saturated heterocycles. The minimum absolute atomic E-state index is 0.0348. The molecule has 1 aromatic rings. The van der Waals surface area contributed by atoms with Crippen LogP contribution < -0.4 is 19.9 Å². The number of thioether (sulfide) groups is 1. The monoisotopic (exact) mass is 252 g/mol. The van der Waals surface area contributed by atoms with Crippen LogP contribution in [0.2, 0.25) is 0 Å². The van der Waals surface area contributed by atoms with Crippen LogP contribution in [0.25, 0.3) is 0 Å². The lowest BCUT2D eigenvalue weighted by Crippen LogP contribution is -2.43. The fourth-order valence-corrected chi connectivity index (χ4v) is 3.09. The third-order valence-electron chi connectivity index (χ3n) is 2.77. The molecule has 1 N–H and O–H groups in total. The van der Waals surface area contributed by atoms with Gasteiger partial charge in [-0.15, -0.1) is 11.8 Å². The number of carboxylic acids is 1. The average Bonchev–Trinajstić information content (AvgIpc) is 2.97. The van der Waals surface area contributed by atoms with Crippen LogP contribution in [0.3, 0.4) is 0 Å². The van der Waals surface area contributed by atoms with E-state index in [2.05, 4.69) is 5.32 Å². The van der Waals surface area contributed by atoms with Crippen molar-refractivity contribution >= 4 is 17.7 Å². The van der Waals surface area contributed by atoms with Gasteiger partial charge in [0.05, 0.1) is 17.4 Å². The molecular weight excluding hydrogens is 242 g/mol. The van der Waals surface area contributed by atoms with Gasteiger partial charge in [-0.05, 0) is 17.7 Å². The third kappa shape index (κ3) is 1.94. The highest BCUT2D eigenvalue weighted by atomic mass is 32.2. The second-order valence-electron chi connectivity index (χ2n) is 3.86. The molecule has 5 nitrogen and oxygen atoms in total. The summed E-state index contributed by atoms with van der Waals surface area (Å²) < 4.78 is 10.5. The number of hydrogen-bond donors (Lipinski definition) is 1. The number of carbonyl (C=O) groups is 1. The normalized spacial score (nSPS) is 26.1. The lowest BCUT2D eigenvalue weighted by molar-refractivity contribution is -0.307. The Bertz CT molecular complexity index is 465. The van der Waals surface area contributed by atoms with E-state index in [1.807, 2.05) is 18.2 Å². The maximum absolute atomic E-state index is 10.7. The fourth-order valence-electron chi connectivity index (χ4n) is 1.88. The SMILES string of the molecule is O=C([O-])C1CSC(c2ccc3c(c2)OCO3)N1. The van der Waals surface area contributed by atoms with Crippen molar-refractivity contribution in [3.63, 3.8) is 0 Å². The molecule has 2 aliphatic rings. The predicted octanol–water partition coefficient (Wildman–Crippen LogP) is -0.131. The molecule has 2 aliphatic heterocycles. The first-order valence-corrected chi connectivity index (χ1v) is 6.27. The van der Waals surface area contributed by atoms with E-state index >= 15 is 0 Å². The second kappa shape index (κ2) is 4.12. The molecule has 0 bridgehead atoms. The minimum Gasteiger partial charge on any atom is -0.548 e. The summed E-state index contributed by atoms with van der Waals surface area (Å²) in [4.78, 5) is 10.7. The van der Waals surface area contributed by atoms with Crippen molar-refractivity contribution in [2.24, 2.45) is 0 Å². The van der Waals surface area contributed by atoms with Gasteiger partial charge in [0.25, 0.3) is 0 Å². The van der Waals surface area contributed by atoms with E-state index in [-0.39, 0.29) is 12.2 Å². The van der Waals surface area contributed by atoms with E-state index in [0.29, 0.717) is 11.5 Å². The number of hydrogen-bond acceptors (Lipinski definition) is 6. The van der Waals surface area contributed by atoms with Crippen molar-refractivity contribution in [3.8, 4) is 11.5 Å². The van der Waals surface area contributed by atoms with Crippen LogP contribution in [-0.4, -0.2) is 24.6 Å².